The highest BCUT2D eigenvalue weighted by Gasteiger charge is 2.32. The van der Waals surface area contributed by atoms with Crippen LogP contribution >= 0.6 is 0 Å². The standard InChI is InChI=1S/C31H44N4O4/c1-4-39-29(37)13-5-6-14-33-15-17-34(18-16-33)31(38)27-11-7-9-25(19-27)30(26-10-8-12-28(36)20-26)35-22-23(2)32-21-24(35)3/h7-12,19-20,23-24,30,32,36H,4-6,13-18,21-22H2,1-3H3/t23-,24-,30?/m1/s1. The molecule has 2 N–H and O–H groups in total. The van der Waals surface area contributed by atoms with Crippen LogP contribution in [0.15, 0.2) is 48.5 Å². The second-order valence-electron chi connectivity index (χ2n) is 10.9. The number of rotatable bonds is 10. The van der Waals surface area contributed by atoms with Crippen molar-refractivity contribution in [2.24, 2.45) is 0 Å². The summed E-state index contributed by atoms with van der Waals surface area (Å²) in [6.45, 7) is 12.5. The number of amides is 1. The van der Waals surface area contributed by atoms with Gasteiger partial charge < -0.3 is 20.1 Å². The largest absolute Gasteiger partial charge is 0.508 e. The number of carbonyl (C=O) groups is 2. The van der Waals surface area contributed by atoms with Crippen molar-refractivity contribution in [3.05, 3.63) is 65.2 Å². The third kappa shape index (κ3) is 7.81. The van der Waals surface area contributed by atoms with Gasteiger partial charge in [-0.25, -0.2) is 0 Å². The molecule has 212 valence electrons. The lowest BCUT2D eigenvalue weighted by atomic mass is 9.92. The summed E-state index contributed by atoms with van der Waals surface area (Å²) in [5.41, 5.74) is 2.79. The number of benzene rings is 2. The minimum Gasteiger partial charge on any atom is -0.508 e. The normalized spacial score (nSPS) is 21.5. The number of ether oxygens (including phenoxy) is 1. The molecular formula is C31H44N4O4. The number of piperazine rings is 2. The highest BCUT2D eigenvalue weighted by Crippen LogP contribution is 2.33. The molecule has 4 rings (SSSR count). The van der Waals surface area contributed by atoms with Crippen molar-refractivity contribution in [1.82, 2.24) is 20.0 Å². The van der Waals surface area contributed by atoms with Gasteiger partial charge in [-0.15, -0.1) is 0 Å². The molecule has 2 aliphatic rings. The van der Waals surface area contributed by atoms with Crippen molar-refractivity contribution in [2.45, 2.75) is 58.2 Å². The summed E-state index contributed by atoms with van der Waals surface area (Å²) in [5.74, 6) is 0.192. The Morgan fingerprint density at radius 3 is 2.46 bits per heavy atom. The molecule has 39 heavy (non-hydrogen) atoms. The van der Waals surface area contributed by atoms with Crippen LogP contribution in [0.25, 0.3) is 0 Å². The number of phenolic OH excluding ortho intramolecular Hbond substituents is 1. The van der Waals surface area contributed by atoms with E-state index in [9.17, 15) is 14.7 Å². The van der Waals surface area contributed by atoms with E-state index >= 15 is 0 Å². The summed E-state index contributed by atoms with van der Waals surface area (Å²) in [4.78, 5) is 31.9. The Labute approximate surface area is 232 Å². The van der Waals surface area contributed by atoms with Crippen molar-refractivity contribution in [2.75, 3.05) is 52.4 Å². The van der Waals surface area contributed by atoms with Gasteiger partial charge in [0.2, 0.25) is 0 Å². The molecule has 1 amide bonds. The first-order valence-corrected chi connectivity index (χ1v) is 14.4. The molecule has 2 saturated heterocycles. The van der Waals surface area contributed by atoms with Crippen LogP contribution in [0.2, 0.25) is 0 Å². The highest BCUT2D eigenvalue weighted by atomic mass is 16.5. The van der Waals surface area contributed by atoms with Gasteiger partial charge in [0, 0.05) is 63.3 Å². The Bertz CT molecular complexity index is 1100. The van der Waals surface area contributed by atoms with E-state index in [0.717, 1.165) is 56.7 Å². The predicted octanol–water partition coefficient (Wildman–Crippen LogP) is 3.66. The average molecular weight is 537 g/mol. The zero-order valence-electron chi connectivity index (χ0n) is 23.6. The fraction of sp³-hybridized carbons (Fsp3) is 0.548. The molecule has 2 aromatic rings. The number of nitrogens with zero attached hydrogens (tertiary/aromatic N) is 3. The van der Waals surface area contributed by atoms with E-state index in [1.165, 1.54) is 0 Å². The van der Waals surface area contributed by atoms with E-state index in [0.29, 0.717) is 43.8 Å². The molecular weight excluding hydrogens is 492 g/mol. The number of aromatic hydroxyl groups is 1. The first kappa shape index (κ1) is 29.1. The quantitative estimate of drug-likeness (QED) is 0.354. The number of nitrogens with one attached hydrogen (secondary N) is 1. The molecule has 2 heterocycles. The molecule has 0 radical (unpaired) electrons. The van der Waals surface area contributed by atoms with Gasteiger partial charge in [-0.05, 0) is 75.5 Å². The van der Waals surface area contributed by atoms with E-state index in [2.05, 4.69) is 41.1 Å². The second-order valence-corrected chi connectivity index (χ2v) is 10.9. The number of hydrogen-bond donors (Lipinski definition) is 2. The average Bonchev–Trinajstić information content (AvgIpc) is 2.93. The molecule has 8 nitrogen and oxygen atoms in total. The number of unbranched alkanes of at least 4 members (excludes halogenated alkanes) is 1. The smallest absolute Gasteiger partial charge is 0.305 e. The van der Waals surface area contributed by atoms with E-state index in [4.69, 9.17) is 4.74 Å². The van der Waals surface area contributed by atoms with Crippen molar-refractivity contribution >= 4 is 11.9 Å². The molecule has 0 aromatic heterocycles. The Morgan fingerprint density at radius 1 is 1.03 bits per heavy atom. The first-order chi connectivity index (χ1) is 18.9. The first-order valence-electron chi connectivity index (χ1n) is 14.4. The number of hydrogen-bond acceptors (Lipinski definition) is 7. The zero-order chi connectivity index (χ0) is 27.8. The summed E-state index contributed by atoms with van der Waals surface area (Å²) < 4.78 is 5.00. The Hall–Kier alpha value is -2.94. The molecule has 0 bridgehead atoms. The Kier molecular flexibility index (Phi) is 10.4. The van der Waals surface area contributed by atoms with Crippen LogP contribution < -0.4 is 5.32 Å². The van der Waals surface area contributed by atoms with Crippen LogP contribution in [-0.4, -0.2) is 96.2 Å². The Morgan fingerprint density at radius 2 is 1.74 bits per heavy atom. The highest BCUT2D eigenvalue weighted by molar-refractivity contribution is 5.94. The monoisotopic (exact) mass is 536 g/mol. The minimum absolute atomic E-state index is 0.0594. The van der Waals surface area contributed by atoms with Gasteiger partial charge in [0.1, 0.15) is 5.75 Å². The summed E-state index contributed by atoms with van der Waals surface area (Å²) in [5, 5.41) is 13.8. The topological polar surface area (TPSA) is 85.3 Å². The summed E-state index contributed by atoms with van der Waals surface area (Å²) in [7, 11) is 0. The maximum absolute atomic E-state index is 13.6. The van der Waals surface area contributed by atoms with Gasteiger partial charge in [-0.3, -0.25) is 19.4 Å². The summed E-state index contributed by atoms with van der Waals surface area (Å²) in [6, 6.07) is 16.1. The lowest BCUT2D eigenvalue weighted by molar-refractivity contribution is -0.143. The van der Waals surface area contributed by atoms with Crippen molar-refractivity contribution < 1.29 is 19.4 Å². The third-order valence-corrected chi connectivity index (χ3v) is 7.85. The molecule has 2 aromatic carbocycles. The molecule has 2 fully saturated rings. The summed E-state index contributed by atoms with van der Waals surface area (Å²) >= 11 is 0. The van der Waals surface area contributed by atoms with Crippen LogP contribution in [0.1, 0.15) is 67.6 Å². The number of esters is 1. The van der Waals surface area contributed by atoms with Crippen LogP contribution in [0, 0.1) is 0 Å². The SMILES string of the molecule is CCOC(=O)CCCCN1CCN(C(=O)c2cccc(C(c3cccc(O)c3)N3C[C@@H](C)NC[C@H]3C)c2)CC1. The molecule has 2 aliphatic heterocycles. The van der Waals surface area contributed by atoms with Crippen LogP contribution in [0.4, 0.5) is 0 Å². The number of phenols is 1. The van der Waals surface area contributed by atoms with Gasteiger partial charge in [0.15, 0.2) is 0 Å². The van der Waals surface area contributed by atoms with Crippen molar-refractivity contribution in [1.29, 1.82) is 0 Å². The lowest BCUT2D eigenvalue weighted by Crippen LogP contribution is -2.55. The van der Waals surface area contributed by atoms with Gasteiger partial charge in [0.05, 0.1) is 12.6 Å². The maximum atomic E-state index is 13.6. The van der Waals surface area contributed by atoms with Crippen molar-refractivity contribution in [3.8, 4) is 5.75 Å². The van der Waals surface area contributed by atoms with Gasteiger partial charge in [-0.1, -0.05) is 24.3 Å². The maximum Gasteiger partial charge on any atom is 0.305 e. The molecule has 0 spiro atoms. The molecule has 3 atom stereocenters. The Balaban J connectivity index is 1.42. The second kappa shape index (κ2) is 13.9. The fourth-order valence-electron chi connectivity index (χ4n) is 5.72. The minimum atomic E-state index is -0.123. The van der Waals surface area contributed by atoms with Crippen LogP contribution in [0.5, 0.6) is 5.75 Å². The van der Waals surface area contributed by atoms with E-state index < -0.39 is 0 Å². The van der Waals surface area contributed by atoms with E-state index in [-0.39, 0.29) is 23.7 Å². The van der Waals surface area contributed by atoms with Crippen molar-refractivity contribution in [3.63, 3.8) is 0 Å². The van der Waals surface area contributed by atoms with Crippen LogP contribution in [-0.2, 0) is 9.53 Å². The molecule has 0 aliphatic carbocycles. The lowest BCUT2D eigenvalue weighted by Gasteiger charge is -2.43. The zero-order valence-corrected chi connectivity index (χ0v) is 23.6. The molecule has 0 saturated carbocycles. The fourth-order valence-corrected chi connectivity index (χ4v) is 5.72. The predicted molar refractivity (Wildman–Crippen MR) is 153 cm³/mol. The van der Waals surface area contributed by atoms with E-state index in [1.807, 2.05) is 42.2 Å². The molecule has 1 unspecified atom stereocenters. The van der Waals surface area contributed by atoms with Crippen LogP contribution in [0.3, 0.4) is 0 Å². The third-order valence-electron chi connectivity index (χ3n) is 7.85. The van der Waals surface area contributed by atoms with E-state index in [1.54, 1.807) is 6.07 Å². The van der Waals surface area contributed by atoms with Gasteiger partial charge in [-0.2, -0.15) is 0 Å². The summed E-state index contributed by atoms with van der Waals surface area (Å²) in [6.07, 6.45) is 2.25. The number of carbonyl (C=O) groups excluding carboxylic acids is 2. The van der Waals surface area contributed by atoms with Gasteiger partial charge >= 0.3 is 5.97 Å². The van der Waals surface area contributed by atoms with Gasteiger partial charge in [0.25, 0.3) is 5.91 Å². The molecule has 8 heteroatoms.